The van der Waals surface area contributed by atoms with Crippen LogP contribution in [0, 0.1) is 5.82 Å². The molecule has 36 heavy (non-hydrogen) atoms. The number of carbonyl (C=O) groups is 1. The molecule has 0 saturated heterocycles. The van der Waals surface area contributed by atoms with Gasteiger partial charge in [-0.3, -0.25) is 4.90 Å². The van der Waals surface area contributed by atoms with Crippen molar-refractivity contribution >= 4 is 11.6 Å². The summed E-state index contributed by atoms with van der Waals surface area (Å²) in [7, 11) is 1.46. The molecule has 2 N–H and O–H groups in total. The van der Waals surface area contributed by atoms with Crippen LogP contribution in [0.2, 0.25) is 0 Å². The molecule has 1 aliphatic heterocycles. The Bertz CT molecular complexity index is 1260. The van der Waals surface area contributed by atoms with Gasteiger partial charge in [0.2, 0.25) is 5.82 Å². The van der Waals surface area contributed by atoms with Gasteiger partial charge in [-0.05, 0) is 69.2 Å². The normalized spacial score (nSPS) is 16.0. The number of ether oxygens (including phenoxy) is 2. The summed E-state index contributed by atoms with van der Waals surface area (Å²) in [6.07, 6.45) is 0.734. The van der Waals surface area contributed by atoms with Crippen LogP contribution in [0.4, 0.5) is 9.18 Å². The number of nitrogens with one attached hydrogen (secondary N) is 1. The van der Waals surface area contributed by atoms with Crippen LogP contribution in [0.3, 0.4) is 0 Å². The van der Waals surface area contributed by atoms with Crippen LogP contribution in [-0.4, -0.2) is 52.5 Å². The fourth-order valence-corrected chi connectivity index (χ4v) is 4.06. The minimum absolute atomic E-state index is 0.0629. The van der Waals surface area contributed by atoms with Crippen molar-refractivity contribution < 1.29 is 28.3 Å². The first-order valence-electron chi connectivity index (χ1n) is 11.7. The summed E-state index contributed by atoms with van der Waals surface area (Å²) in [5, 5.41) is 17.4. The van der Waals surface area contributed by atoms with Gasteiger partial charge >= 0.3 is 6.03 Å². The highest BCUT2D eigenvalue weighted by molar-refractivity contribution is 5.87. The number of allylic oxidation sites excluding steroid dienone is 1. The van der Waals surface area contributed by atoms with Crippen LogP contribution >= 0.6 is 0 Å². The van der Waals surface area contributed by atoms with Crippen LogP contribution in [0.1, 0.15) is 44.7 Å². The van der Waals surface area contributed by atoms with Crippen molar-refractivity contribution in [3.63, 3.8) is 0 Å². The van der Waals surface area contributed by atoms with E-state index in [-0.39, 0.29) is 35.4 Å². The van der Waals surface area contributed by atoms with E-state index >= 15 is 0 Å². The van der Waals surface area contributed by atoms with Gasteiger partial charge in [-0.15, -0.1) is 0 Å². The molecule has 2 heterocycles. The van der Waals surface area contributed by atoms with Crippen molar-refractivity contribution in [2.45, 2.75) is 39.3 Å². The average Bonchev–Trinajstić information content (AvgIpc) is 3.33. The minimum Gasteiger partial charge on any atom is -0.504 e. The van der Waals surface area contributed by atoms with Crippen LogP contribution in [-0.2, 0) is 4.74 Å². The number of nitrogens with zero attached hydrogens (tertiary/aromatic N) is 3. The van der Waals surface area contributed by atoms with Gasteiger partial charge in [0.25, 0.3) is 5.89 Å². The molecule has 1 aliphatic rings. The number of phenols is 1. The summed E-state index contributed by atoms with van der Waals surface area (Å²) in [4.78, 5) is 19.3. The first-order chi connectivity index (χ1) is 17.3. The highest BCUT2D eigenvalue weighted by atomic mass is 19.1. The molecule has 2 aromatic carbocycles. The van der Waals surface area contributed by atoms with Crippen molar-refractivity contribution in [2.75, 3.05) is 20.3 Å². The third kappa shape index (κ3) is 5.33. The predicted molar refractivity (Wildman–Crippen MR) is 131 cm³/mol. The van der Waals surface area contributed by atoms with Gasteiger partial charge in [0.1, 0.15) is 5.82 Å². The Kier molecular flexibility index (Phi) is 7.54. The maximum Gasteiger partial charge on any atom is 0.322 e. The number of hydrogen-bond donors (Lipinski definition) is 2. The van der Waals surface area contributed by atoms with E-state index in [1.807, 2.05) is 20.8 Å². The molecule has 1 aromatic heterocycles. The van der Waals surface area contributed by atoms with Gasteiger partial charge in [-0.25, -0.2) is 9.18 Å². The maximum atomic E-state index is 13.4. The SMILES string of the molecule is COc1ccc(C2NC(=O)N(CCCOC(C)C)C(C)=C2c2nc(-c3ccc(F)cc3)no2)cc1O. The molecule has 0 bridgehead atoms. The number of amides is 2. The van der Waals surface area contributed by atoms with E-state index in [4.69, 9.17) is 14.0 Å². The first-order valence-corrected chi connectivity index (χ1v) is 11.7. The summed E-state index contributed by atoms with van der Waals surface area (Å²) in [5.74, 6) is 0.372. The smallest absolute Gasteiger partial charge is 0.322 e. The van der Waals surface area contributed by atoms with Gasteiger partial charge in [-0.1, -0.05) is 11.2 Å². The topological polar surface area (TPSA) is 110 Å². The molecular formula is C26H29FN4O5. The molecule has 0 spiro atoms. The van der Waals surface area contributed by atoms with Crippen molar-refractivity contribution in [2.24, 2.45) is 0 Å². The summed E-state index contributed by atoms with van der Waals surface area (Å²) < 4.78 is 29.8. The zero-order valence-corrected chi connectivity index (χ0v) is 20.6. The van der Waals surface area contributed by atoms with E-state index in [1.165, 1.54) is 25.3 Å². The molecule has 1 atom stereocenters. The number of carbonyl (C=O) groups excluding carboxylic acids is 1. The van der Waals surface area contributed by atoms with Gasteiger partial charge in [0.05, 0.1) is 24.8 Å². The molecular weight excluding hydrogens is 467 g/mol. The Morgan fingerprint density at radius 3 is 2.64 bits per heavy atom. The van der Waals surface area contributed by atoms with E-state index < -0.39 is 6.04 Å². The average molecular weight is 497 g/mol. The lowest BCUT2D eigenvalue weighted by Gasteiger charge is -2.35. The zero-order chi connectivity index (χ0) is 25.8. The summed E-state index contributed by atoms with van der Waals surface area (Å²) in [6, 6.07) is 9.71. The number of methoxy groups -OCH3 is 1. The van der Waals surface area contributed by atoms with Crippen LogP contribution in [0.25, 0.3) is 17.0 Å². The summed E-state index contributed by atoms with van der Waals surface area (Å²) >= 11 is 0. The van der Waals surface area contributed by atoms with Crippen molar-refractivity contribution in [1.82, 2.24) is 20.4 Å². The highest BCUT2D eigenvalue weighted by Gasteiger charge is 2.36. The third-order valence-electron chi connectivity index (χ3n) is 5.87. The Hall–Kier alpha value is -3.92. The maximum absolute atomic E-state index is 13.4. The summed E-state index contributed by atoms with van der Waals surface area (Å²) in [5.41, 5.74) is 2.42. The first kappa shape index (κ1) is 25.2. The Morgan fingerprint density at radius 1 is 1.22 bits per heavy atom. The number of urea groups is 1. The van der Waals surface area contributed by atoms with Crippen LogP contribution < -0.4 is 10.1 Å². The number of aromatic hydroxyl groups is 1. The molecule has 4 rings (SSSR count). The van der Waals surface area contributed by atoms with Crippen molar-refractivity contribution in [1.29, 1.82) is 0 Å². The number of hydrogen-bond acceptors (Lipinski definition) is 7. The lowest BCUT2D eigenvalue weighted by Crippen LogP contribution is -2.46. The molecule has 0 fully saturated rings. The number of phenolic OH excluding ortho intramolecular Hbond substituents is 1. The molecule has 0 radical (unpaired) electrons. The zero-order valence-electron chi connectivity index (χ0n) is 20.6. The molecule has 3 aromatic rings. The standard InChI is InChI=1S/C26H29FN4O5/c1-15(2)35-13-5-12-31-16(3)22(25-29-24(30-36-25)17-6-9-19(27)10-7-17)23(28-26(31)33)18-8-11-21(34-4)20(32)14-18/h6-11,14-15,23,32H,5,12-13H2,1-4H3,(H,28,33). The molecule has 2 amide bonds. The molecule has 190 valence electrons. The van der Waals surface area contributed by atoms with Crippen LogP contribution in [0.5, 0.6) is 11.5 Å². The minimum atomic E-state index is -0.668. The molecule has 0 aliphatic carbocycles. The number of benzene rings is 2. The van der Waals surface area contributed by atoms with Crippen molar-refractivity contribution in [3.8, 4) is 22.9 Å². The lowest BCUT2D eigenvalue weighted by molar-refractivity contribution is 0.0736. The van der Waals surface area contributed by atoms with Gasteiger partial charge in [-0.2, -0.15) is 4.98 Å². The van der Waals surface area contributed by atoms with Crippen LogP contribution in [0.15, 0.2) is 52.7 Å². The molecule has 10 heteroatoms. The third-order valence-corrected chi connectivity index (χ3v) is 5.87. The van der Waals surface area contributed by atoms with E-state index in [0.717, 1.165) is 0 Å². The highest BCUT2D eigenvalue weighted by Crippen LogP contribution is 2.39. The molecule has 1 unspecified atom stereocenters. The summed E-state index contributed by atoms with van der Waals surface area (Å²) in [6.45, 7) is 6.66. The second kappa shape index (κ2) is 10.8. The quantitative estimate of drug-likeness (QED) is 0.405. The molecule has 9 nitrogen and oxygen atoms in total. The number of aromatic nitrogens is 2. The molecule has 0 saturated carbocycles. The fourth-order valence-electron chi connectivity index (χ4n) is 4.06. The van der Waals surface area contributed by atoms with Gasteiger partial charge < -0.3 is 24.4 Å². The monoisotopic (exact) mass is 496 g/mol. The number of halogens is 1. The Labute approximate surface area is 208 Å². The van der Waals surface area contributed by atoms with E-state index in [0.29, 0.717) is 47.7 Å². The van der Waals surface area contributed by atoms with E-state index in [9.17, 15) is 14.3 Å². The second-order valence-electron chi connectivity index (χ2n) is 8.67. The second-order valence-corrected chi connectivity index (χ2v) is 8.67. The van der Waals surface area contributed by atoms with Crippen molar-refractivity contribution in [3.05, 3.63) is 65.4 Å². The largest absolute Gasteiger partial charge is 0.504 e. The van der Waals surface area contributed by atoms with Gasteiger partial charge in [0, 0.05) is 24.4 Å². The van der Waals surface area contributed by atoms with E-state index in [1.54, 1.807) is 29.2 Å². The Morgan fingerprint density at radius 2 is 1.97 bits per heavy atom. The fraction of sp³-hybridized carbons (Fsp3) is 0.346. The lowest BCUT2D eigenvalue weighted by atomic mass is 9.94. The number of rotatable bonds is 9. The van der Waals surface area contributed by atoms with E-state index in [2.05, 4.69) is 15.5 Å². The van der Waals surface area contributed by atoms with Gasteiger partial charge in [0.15, 0.2) is 11.5 Å². The predicted octanol–water partition coefficient (Wildman–Crippen LogP) is 4.90. The Balaban J connectivity index is 1.73.